The Labute approximate surface area is 95.5 Å². The van der Waals surface area contributed by atoms with Crippen molar-refractivity contribution in [3.8, 4) is 0 Å². The van der Waals surface area contributed by atoms with E-state index in [9.17, 15) is 9.59 Å². The SMILES string of the molecule is C[Si](C)(C)C(=O)CCCC(=O)[Si](C)(C)C. The van der Waals surface area contributed by atoms with Gasteiger partial charge in [0.05, 0.1) is 0 Å². The Morgan fingerprint density at radius 1 is 0.733 bits per heavy atom. The van der Waals surface area contributed by atoms with Crippen molar-refractivity contribution in [2.75, 3.05) is 0 Å². The zero-order valence-corrected chi connectivity index (χ0v) is 12.9. The van der Waals surface area contributed by atoms with Crippen LogP contribution in [0.4, 0.5) is 0 Å². The first-order chi connectivity index (χ1) is 6.55. The van der Waals surface area contributed by atoms with Gasteiger partial charge in [0.25, 0.3) is 0 Å². The Morgan fingerprint density at radius 3 is 1.20 bits per heavy atom. The summed E-state index contributed by atoms with van der Waals surface area (Å²) in [5.74, 6) is 0. The van der Waals surface area contributed by atoms with E-state index in [-0.39, 0.29) is 0 Å². The van der Waals surface area contributed by atoms with Crippen molar-refractivity contribution in [2.45, 2.75) is 58.5 Å². The van der Waals surface area contributed by atoms with E-state index in [1.54, 1.807) is 0 Å². The van der Waals surface area contributed by atoms with Crippen molar-refractivity contribution in [2.24, 2.45) is 0 Å². The third-order valence-corrected chi connectivity index (χ3v) is 6.33. The highest BCUT2D eigenvalue weighted by Crippen LogP contribution is 2.12. The average molecular weight is 244 g/mol. The Morgan fingerprint density at radius 2 is 1.00 bits per heavy atom. The molecule has 0 fully saturated rings. The third kappa shape index (κ3) is 6.04. The van der Waals surface area contributed by atoms with E-state index < -0.39 is 16.1 Å². The molecule has 0 aliphatic heterocycles. The molecule has 0 heterocycles. The van der Waals surface area contributed by atoms with Crippen LogP contribution in [-0.2, 0) is 9.59 Å². The van der Waals surface area contributed by atoms with Gasteiger partial charge in [0.2, 0.25) is 0 Å². The molecule has 0 aromatic heterocycles. The lowest BCUT2D eigenvalue weighted by Gasteiger charge is -2.16. The number of rotatable bonds is 6. The average Bonchev–Trinajstić information content (AvgIpc) is 2.00. The van der Waals surface area contributed by atoms with Crippen LogP contribution in [0, 0.1) is 0 Å². The van der Waals surface area contributed by atoms with Crippen LogP contribution in [0.3, 0.4) is 0 Å². The molecule has 0 aromatic rings. The molecule has 0 spiro atoms. The molecule has 0 amide bonds. The van der Waals surface area contributed by atoms with Gasteiger partial charge in [-0.25, -0.2) is 0 Å². The first-order valence-corrected chi connectivity index (χ1v) is 12.6. The van der Waals surface area contributed by atoms with Crippen molar-refractivity contribution in [1.29, 1.82) is 0 Å². The maximum atomic E-state index is 11.7. The van der Waals surface area contributed by atoms with E-state index in [1.807, 2.05) is 0 Å². The summed E-state index contributed by atoms with van der Waals surface area (Å²) < 4.78 is 0. The summed E-state index contributed by atoms with van der Waals surface area (Å²) in [6.45, 7) is 12.4. The van der Waals surface area contributed by atoms with Crippen LogP contribution in [0.25, 0.3) is 0 Å². The molecule has 0 rings (SSSR count). The molecule has 0 saturated heterocycles. The third-order valence-electron chi connectivity index (χ3n) is 2.48. The second-order valence-corrected chi connectivity index (χ2v) is 16.3. The van der Waals surface area contributed by atoms with Crippen LogP contribution < -0.4 is 0 Å². The Hall–Kier alpha value is -0.226. The summed E-state index contributed by atoms with van der Waals surface area (Å²) in [6, 6.07) is 0. The zero-order chi connectivity index (χ0) is 12.3. The normalized spacial score (nSPS) is 12.7. The molecule has 0 unspecified atom stereocenters. The standard InChI is InChI=1S/C11H24O2Si2/c1-14(2,3)10(12)8-7-9-11(13)15(4,5)6/h7-9H2,1-6H3. The van der Waals surface area contributed by atoms with Gasteiger partial charge in [-0.3, -0.25) is 0 Å². The van der Waals surface area contributed by atoms with Crippen molar-refractivity contribution in [3.05, 3.63) is 0 Å². The largest absolute Gasteiger partial charge is 0.305 e. The molecule has 4 heteroatoms. The molecule has 0 aliphatic carbocycles. The lowest BCUT2D eigenvalue weighted by atomic mass is 10.3. The van der Waals surface area contributed by atoms with E-state index >= 15 is 0 Å². The molecular weight excluding hydrogens is 220 g/mol. The summed E-state index contributed by atoms with van der Waals surface area (Å²) in [6.07, 6.45) is 1.96. The number of hydrogen-bond acceptors (Lipinski definition) is 2. The summed E-state index contributed by atoms with van der Waals surface area (Å²) in [5, 5.41) is 0.789. The van der Waals surface area contributed by atoms with Crippen molar-refractivity contribution >= 4 is 27.0 Å². The van der Waals surface area contributed by atoms with Crippen molar-refractivity contribution < 1.29 is 9.59 Å². The van der Waals surface area contributed by atoms with E-state index in [0.717, 1.165) is 6.42 Å². The molecular formula is C11H24O2Si2. The van der Waals surface area contributed by atoms with E-state index in [1.165, 1.54) is 0 Å². The van der Waals surface area contributed by atoms with Crippen LogP contribution >= 0.6 is 0 Å². The van der Waals surface area contributed by atoms with Gasteiger partial charge in [-0.05, 0) is 6.42 Å². The van der Waals surface area contributed by atoms with Gasteiger partial charge in [-0.2, -0.15) is 0 Å². The second-order valence-electron chi connectivity index (χ2n) is 6.20. The van der Waals surface area contributed by atoms with Gasteiger partial charge in [0.1, 0.15) is 27.0 Å². The molecule has 0 saturated carbocycles. The summed E-state index contributed by atoms with van der Waals surface area (Å²) in [7, 11) is -3.23. The first kappa shape index (κ1) is 14.8. The highest BCUT2D eigenvalue weighted by Gasteiger charge is 2.26. The fourth-order valence-electron chi connectivity index (χ4n) is 1.16. The Kier molecular flexibility index (Phi) is 5.13. The number of carbonyl (C=O) groups is 2. The number of carbonyl (C=O) groups excluding carboxylic acids is 2. The van der Waals surface area contributed by atoms with Crippen LogP contribution in [0.5, 0.6) is 0 Å². The summed E-state index contributed by atoms with van der Waals surface area (Å²) in [4.78, 5) is 23.3. The van der Waals surface area contributed by atoms with Crippen LogP contribution in [0.15, 0.2) is 0 Å². The van der Waals surface area contributed by atoms with E-state index in [4.69, 9.17) is 0 Å². The zero-order valence-electron chi connectivity index (χ0n) is 10.9. The lowest BCUT2D eigenvalue weighted by molar-refractivity contribution is -0.113. The van der Waals surface area contributed by atoms with Gasteiger partial charge in [-0.1, -0.05) is 39.3 Å². The maximum Gasteiger partial charge on any atom is 0.123 e. The van der Waals surface area contributed by atoms with Crippen molar-refractivity contribution in [3.63, 3.8) is 0 Å². The van der Waals surface area contributed by atoms with Crippen molar-refractivity contribution in [1.82, 2.24) is 0 Å². The molecule has 0 bridgehead atoms. The molecule has 0 N–H and O–H groups in total. The number of hydrogen-bond donors (Lipinski definition) is 0. The Balaban J connectivity index is 3.92. The minimum Gasteiger partial charge on any atom is -0.305 e. The molecule has 15 heavy (non-hydrogen) atoms. The smallest absolute Gasteiger partial charge is 0.123 e. The highest BCUT2D eigenvalue weighted by molar-refractivity contribution is 7.04. The molecule has 0 aromatic carbocycles. The molecule has 88 valence electrons. The van der Waals surface area contributed by atoms with E-state index in [2.05, 4.69) is 39.3 Å². The predicted octanol–water partition coefficient (Wildman–Crippen LogP) is 3.05. The maximum absolute atomic E-state index is 11.7. The summed E-state index contributed by atoms with van der Waals surface area (Å²) in [5.41, 5.74) is 0. The molecule has 0 atom stereocenters. The predicted molar refractivity (Wildman–Crippen MR) is 70.6 cm³/mol. The first-order valence-electron chi connectivity index (χ1n) is 5.62. The van der Waals surface area contributed by atoms with Crippen LogP contribution in [0.2, 0.25) is 39.3 Å². The molecule has 0 radical (unpaired) electrons. The lowest BCUT2D eigenvalue weighted by Crippen LogP contribution is -2.35. The van der Waals surface area contributed by atoms with Gasteiger partial charge < -0.3 is 9.59 Å². The Bertz CT molecular complexity index is 220. The topological polar surface area (TPSA) is 34.1 Å². The van der Waals surface area contributed by atoms with Crippen LogP contribution in [0.1, 0.15) is 19.3 Å². The second kappa shape index (κ2) is 5.21. The molecule has 2 nitrogen and oxygen atoms in total. The van der Waals surface area contributed by atoms with Gasteiger partial charge in [0, 0.05) is 12.8 Å². The minimum absolute atomic E-state index is 0.394. The fraction of sp³-hybridized carbons (Fsp3) is 0.818. The van der Waals surface area contributed by atoms with Crippen LogP contribution in [-0.4, -0.2) is 27.0 Å². The fourth-order valence-corrected chi connectivity index (χ4v) is 3.01. The van der Waals surface area contributed by atoms with Gasteiger partial charge >= 0.3 is 0 Å². The highest BCUT2D eigenvalue weighted by atomic mass is 28.3. The quantitative estimate of drug-likeness (QED) is 0.673. The van der Waals surface area contributed by atoms with E-state index in [0.29, 0.717) is 23.7 Å². The van der Waals surface area contributed by atoms with Gasteiger partial charge in [0.15, 0.2) is 0 Å². The monoisotopic (exact) mass is 244 g/mol. The van der Waals surface area contributed by atoms with Gasteiger partial charge in [-0.15, -0.1) is 0 Å². The summed E-state index contributed by atoms with van der Waals surface area (Å²) >= 11 is 0. The molecule has 0 aliphatic rings. The minimum atomic E-state index is -1.62.